The van der Waals surface area contributed by atoms with Crippen LogP contribution >= 0.6 is 0 Å². The van der Waals surface area contributed by atoms with Crippen molar-refractivity contribution in [1.29, 1.82) is 0 Å². The van der Waals surface area contributed by atoms with Gasteiger partial charge in [0, 0.05) is 25.1 Å². The molecule has 0 aliphatic carbocycles. The van der Waals surface area contributed by atoms with E-state index in [1.165, 1.54) is 6.42 Å². The summed E-state index contributed by atoms with van der Waals surface area (Å²) < 4.78 is 5.45. The van der Waals surface area contributed by atoms with E-state index in [0.717, 1.165) is 43.6 Å². The highest BCUT2D eigenvalue weighted by molar-refractivity contribution is 5.36. The summed E-state index contributed by atoms with van der Waals surface area (Å²) in [5.74, 6) is 0.764. The maximum Gasteiger partial charge on any atom is 0.245 e. The van der Waals surface area contributed by atoms with Gasteiger partial charge in [0.25, 0.3) is 0 Å². The first-order chi connectivity index (χ1) is 7.69. The van der Waals surface area contributed by atoms with E-state index >= 15 is 0 Å². The average molecular weight is 220 g/mol. The predicted molar refractivity (Wildman–Crippen MR) is 59.4 cm³/mol. The highest BCUT2D eigenvalue weighted by Crippen LogP contribution is 2.39. The van der Waals surface area contributed by atoms with E-state index < -0.39 is 0 Å². The minimum absolute atomic E-state index is 0.377. The van der Waals surface area contributed by atoms with Crippen molar-refractivity contribution >= 4 is 5.95 Å². The van der Waals surface area contributed by atoms with Crippen molar-refractivity contribution in [3.05, 3.63) is 11.4 Å². The summed E-state index contributed by atoms with van der Waals surface area (Å²) in [6.45, 7) is 7.72. The van der Waals surface area contributed by atoms with Gasteiger partial charge in [0.15, 0.2) is 0 Å². The van der Waals surface area contributed by atoms with Crippen LogP contribution in [0.3, 0.4) is 0 Å². The Labute approximate surface area is 94.8 Å². The number of hydrogen-bond donors (Lipinski definition) is 0. The van der Waals surface area contributed by atoms with Crippen LogP contribution in [0, 0.1) is 19.3 Å². The third kappa shape index (κ3) is 1.46. The highest BCUT2D eigenvalue weighted by atomic mass is 16.5. The third-order valence-corrected chi connectivity index (χ3v) is 3.60. The van der Waals surface area contributed by atoms with Crippen LogP contribution < -0.4 is 4.90 Å². The second kappa shape index (κ2) is 3.38. The summed E-state index contributed by atoms with van der Waals surface area (Å²) in [4.78, 5) is 6.65. The second-order valence-corrected chi connectivity index (χ2v) is 4.94. The first-order valence-corrected chi connectivity index (χ1v) is 5.69. The first-order valence-electron chi connectivity index (χ1n) is 5.69. The SMILES string of the molecule is Cc1nnc(N2CC3(CCOC3)C2)nc1C. The molecule has 3 heterocycles. The summed E-state index contributed by atoms with van der Waals surface area (Å²) >= 11 is 0. The van der Waals surface area contributed by atoms with Crippen LogP contribution in [0.5, 0.6) is 0 Å². The van der Waals surface area contributed by atoms with Gasteiger partial charge >= 0.3 is 0 Å². The molecule has 0 N–H and O–H groups in total. The van der Waals surface area contributed by atoms with Gasteiger partial charge in [0.2, 0.25) is 5.95 Å². The standard InChI is InChI=1S/C11H16N4O/c1-8-9(2)13-14-10(12-8)15-5-11(6-15)3-4-16-7-11/h3-7H2,1-2H3. The lowest BCUT2D eigenvalue weighted by atomic mass is 9.79. The molecule has 0 aromatic carbocycles. The molecule has 2 saturated heterocycles. The third-order valence-electron chi connectivity index (χ3n) is 3.60. The molecular formula is C11H16N4O. The lowest BCUT2D eigenvalue weighted by Gasteiger charge is -2.46. The van der Waals surface area contributed by atoms with E-state index in [0.29, 0.717) is 5.41 Å². The number of nitrogens with zero attached hydrogens (tertiary/aromatic N) is 4. The van der Waals surface area contributed by atoms with E-state index in [1.54, 1.807) is 0 Å². The second-order valence-electron chi connectivity index (χ2n) is 4.94. The van der Waals surface area contributed by atoms with Crippen LogP contribution in [0.1, 0.15) is 17.8 Å². The van der Waals surface area contributed by atoms with Crippen LogP contribution in [0.2, 0.25) is 0 Å². The molecule has 0 bridgehead atoms. The number of rotatable bonds is 1. The Morgan fingerprint density at radius 1 is 1.19 bits per heavy atom. The Morgan fingerprint density at radius 2 is 2.00 bits per heavy atom. The Morgan fingerprint density at radius 3 is 2.62 bits per heavy atom. The van der Waals surface area contributed by atoms with Crippen molar-refractivity contribution in [2.24, 2.45) is 5.41 Å². The summed E-state index contributed by atoms with van der Waals surface area (Å²) in [6, 6.07) is 0. The van der Waals surface area contributed by atoms with Crippen molar-refractivity contribution in [1.82, 2.24) is 15.2 Å². The molecular weight excluding hydrogens is 204 g/mol. The molecule has 2 fully saturated rings. The molecule has 1 aromatic heterocycles. The molecule has 5 nitrogen and oxygen atoms in total. The van der Waals surface area contributed by atoms with Gasteiger partial charge in [-0.1, -0.05) is 0 Å². The molecule has 0 radical (unpaired) electrons. The number of aromatic nitrogens is 3. The molecule has 3 rings (SSSR count). The van der Waals surface area contributed by atoms with Gasteiger partial charge in [-0.2, -0.15) is 5.10 Å². The highest BCUT2D eigenvalue weighted by Gasteiger charge is 2.46. The molecule has 1 spiro atoms. The number of anilines is 1. The fourth-order valence-corrected chi connectivity index (χ4v) is 2.38. The molecule has 2 aliphatic rings. The molecule has 0 saturated carbocycles. The molecule has 0 amide bonds. The van der Waals surface area contributed by atoms with Crippen LogP contribution in [0.25, 0.3) is 0 Å². The summed E-state index contributed by atoms with van der Waals surface area (Å²) in [7, 11) is 0. The van der Waals surface area contributed by atoms with Crippen molar-refractivity contribution in [3.63, 3.8) is 0 Å². The van der Waals surface area contributed by atoms with E-state index in [4.69, 9.17) is 4.74 Å². The summed E-state index contributed by atoms with van der Waals surface area (Å²) in [6.07, 6.45) is 1.17. The lowest BCUT2D eigenvalue weighted by molar-refractivity contribution is 0.130. The van der Waals surface area contributed by atoms with Crippen molar-refractivity contribution in [2.75, 3.05) is 31.2 Å². The van der Waals surface area contributed by atoms with E-state index in [2.05, 4.69) is 20.1 Å². The van der Waals surface area contributed by atoms with Crippen molar-refractivity contribution < 1.29 is 4.74 Å². The Balaban J connectivity index is 1.73. The lowest BCUT2D eigenvalue weighted by Crippen LogP contribution is -2.57. The Kier molecular flexibility index (Phi) is 2.10. The van der Waals surface area contributed by atoms with Gasteiger partial charge in [-0.15, -0.1) is 5.10 Å². The van der Waals surface area contributed by atoms with Crippen LogP contribution in [0.4, 0.5) is 5.95 Å². The molecule has 16 heavy (non-hydrogen) atoms. The van der Waals surface area contributed by atoms with E-state index in [1.807, 2.05) is 13.8 Å². The normalized spacial score (nSPS) is 22.5. The van der Waals surface area contributed by atoms with Gasteiger partial charge in [-0.05, 0) is 20.3 Å². The quantitative estimate of drug-likeness (QED) is 0.698. The molecule has 5 heteroatoms. The van der Waals surface area contributed by atoms with Gasteiger partial charge in [0.05, 0.1) is 18.0 Å². The maximum atomic E-state index is 5.45. The zero-order valence-corrected chi connectivity index (χ0v) is 9.73. The van der Waals surface area contributed by atoms with Gasteiger partial charge < -0.3 is 9.64 Å². The first kappa shape index (κ1) is 9.96. The monoisotopic (exact) mass is 220 g/mol. The van der Waals surface area contributed by atoms with Crippen molar-refractivity contribution in [2.45, 2.75) is 20.3 Å². The molecule has 0 atom stereocenters. The Hall–Kier alpha value is -1.23. The van der Waals surface area contributed by atoms with Crippen LogP contribution in [-0.4, -0.2) is 41.5 Å². The predicted octanol–water partition coefficient (Wildman–Crippen LogP) is 0.715. The topological polar surface area (TPSA) is 51.1 Å². The molecule has 0 unspecified atom stereocenters. The van der Waals surface area contributed by atoms with Crippen molar-refractivity contribution in [3.8, 4) is 0 Å². The molecule has 1 aromatic rings. The van der Waals surface area contributed by atoms with Gasteiger partial charge in [-0.25, -0.2) is 4.98 Å². The Bertz CT molecular complexity index is 406. The number of hydrogen-bond acceptors (Lipinski definition) is 5. The number of aryl methyl sites for hydroxylation is 2. The maximum absolute atomic E-state index is 5.45. The largest absolute Gasteiger partial charge is 0.381 e. The van der Waals surface area contributed by atoms with Crippen LogP contribution in [0.15, 0.2) is 0 Å². The molecule has 86 valence electrons. The van der Waals surface area contributed by atoms with Gasteiger partial charge in [-0.3, -0.25) is 0 Å². The summed E-state index contributed by atoms with van der Waals surface area (Å²) in [5.41, 5.74) is 2.25. The fraction of sp³-hybridized carbons (Fsp3) is 0.727. The smallest absolute Gasteiger partial charge is 0.245 e. The van der Waals surface area contributed by atoms with Crippen LogP contribution in [-0.2, 0) is 4.74 Å². The van der Waals surface area contributed by atoms with E-state index in [-0.39, 0.29) is 0 Å². The number of ether oxygens (including phenoxy) is 1. The van der Waals surface area contributed by atoms with E-state index in [9.17, 15) is 0 Å². The fourth-order valence-electron chi connectivity index (χ4n) is 2.38. The van der Waals surface area contributed by atoms with Gasteiger partial charge in [0.1, 0.15) is 0 Å². The zero-order valence-electron chi connectivity index (χ0n) is 9.73. The minimum Gasteiger partial charge on any atom is -0.381 e. The molecule has 2 aliphatic heterocycles. The summed E-state index contributed by atoms with van der Waals surface area (Å²) in [5, 5.41) is 8.25. The minimum atomic E-state index is 0.377. The average Bonchev–Trinajstić information content (AvgIpc) is 2.69. The zero-order chi connectivity index (χ0) is 11.2.